The zero-order chi connectivity index (χ0) is 11.4. The fourth-order valence-electron chi connectivity index (χ4n) is 1.23. The lowest BCUT2D eigenvalue weighted by atomic mass is 9.97. The molecule has 0 spiro atoms. The van der Waals surface area contributed by atoms with Gasteiger partial charge in [0.25, 0.3) is 0 Å². The minimum Gasteiger partial charge on any atom is -0.281 e. The predicted molar refractivity (Wildman–Crippen MR) is 60.5 cm³/mol. The van der Waals surface area contributed by atoms with Gasteiger partial charge in [-0.2, -0.15) is 0 Å². The van der Waals surface area contributed by atoms with Gasteiger partial charge in [-0.1, -0.05) is 29.8 Å². The lowest BCUT2D eigenvalue weighted by Gasteiger charge is -2.11. The lowest BCUT2D eigenvalue weighted by Crippen LogP contribution is -2.10. The van der Waals surface area contributed by atoms with E-state index in [1.54, 1.807) is 24.3 Å². The van der Waals surface area contributed by atoms with Gasteiger partial charge in [0.2, 0.25) is 10.5 Å². The molecular weight excluding hydrogens is 258 g/mol. The second kappa shape index (κ2) is 5.50. The maximum atomic E-state index is 11.1. The lowest BCUT2D eigenvalue weighted by molar-refractivity contribution is -0.117. The second-order valence-electron chi connectivity index (χ2n) is 2.94. The summed E-state index contributed by atoms with van der Waals surface area (Å²) in [5.41, 5.74) is 0.521. The monoisotopic (exact) mass is 264 g/mol. The van der Waals surface area contributed by atoms with Gasteiger partial charge in [0.05, 0.1) is 5.92 Å². The zero-order valence-electron chi connectivity index (χ0n) is 7.54. The molecule has 0 saturated carbocycles. The highest BCUT2D eigenvalue weighted by atomic mass is 35.5. The first-order valence-corrected chi connectivity index (χ1v) is 5.28. The Morgan fingerprint density at radius 1 is 1.20 bits per heavy atom. The molecule has 5 heteroatoms. The van der Waals surface area contributed by atoms with Crippen molar-refractivity contribution >= 4 is 45.3 Å². The van der Waals surface area contributed by atoms with E-state index in [0.29, 0.717) is 10.6 Å². The molecule has 0 aromatic heterocycles. The van der Waals surface area contributed by atoms with Crippen molar-refractivity contribution in [2.75, 3.05) is 0 Å². The van der Waals surface area contributed by atoms with Crippen molar-refractivity contribution < 1.29 is 9.59 Å². The first-order valence-electron chi connectivity index (χ1n) is 4.14. The maximum absolute atomic E-state index is 11.1. The summed E-state index contributed by atoms with van der Waals surface area (Å²) < 4.78 is 0. The Kier molecular flexibility index (Phi) is 4.58. The van der Waals surface area contributed by atoms with Gasteiger partial charge < -0.3 is 0 Å². The molecule has 1 aromatic rings. The molecule has 2 nitrogen and oxygen atoms in total. The second-order valence-corrected chi connectivity index (χ2v) is 4.14. The topological polar surface area (TPSA) is 34.1 Å². The van der Waals surface area contributed by atoms with E-state index in [1.807, 2.05) is 0 Å². The van der Waals surface area contributed by atoms with Crippen molar-refractivity contribution in [3.8, 4) is 0 Å². The average Bonchev–Trinajstić information content (AvgIpc) is 2.15. The van der Waals surface area contributed by atoms with E-state index in [9.17, 15) is 9.59 Å². The standard InChI is InChI=1S/C10H7Cl3O2/c11-8-4-2-1-3-6(8)7(10(13)15)5-9(12)14/h1-4,7H,5H2. The molecule has 0 heterocycles. The van der Waals surface area contributed by atoms with E-state index in [-0.39, 0.29) is 6.42 Å². The van der Waals surface area contributed by atoms with Crippen LogP contribution >= 0.6 is 34.8 Å². The van der Waals surface area contributed by atoms with Crippen LogP contribution in [0, 0.1) is 0 Å². The fourth-order valence-corrected chi connectivity index (χ4v) is 1.85. The van der Waals surface area contributed by atoms with Gasteiger partial charge in [0.1, 0.15) is 0 Å². The molecule has 80 valence electrons. The number of hydrogen-bond donors (Lipinski definition) is 0. The van der Waals surface area contributed by atoms with Crippen LogP contribution in [-0.4, -0.2) is 10.5 Å². The van der Waals surface area contributed by atoms with Gasteiger partial charge in [0, 0.05) is 11.4 Å². The molecule has 1 rings (SSSR count). The number of halogens is 3. The number of carbonyl (C=O) groups is 2. The summed E-state index contributed by atoms with van der Waals surface area (Å²) in [4.78, 5) is 21.9. The molecule has 0 radical (unpaired) electrons. The van der Waals surface area contributed by atoms with Crippen LogP contribution in [0.15, 0.2) is 24.3 Å². The summed E-state index contributed by atoms with van der Waals surface area (Å²) in [6.07, 6.45) is -0.145. The van der Waals surface area contributed by atoms with Crippen LogP contribution in [-0.2, 0) is 9.59 Å². The fraction of sp³-hybridized carbons (Fsp3) is 0.200. The van der Waals surface area contributed by atoms with Gasteiger partial charge in [-0.25, -0.2) is 0 Å². The van der Waals surface area contributed by atoms with Crippen LogP contribution < -0.4 is 0 Å². The third kappa shape index (κ3) is 3.49. The minimum atomic E-state index is -0.773. The third-order valence-electron chi connectivity index (χ3n) is 1.92. The highest BCUT2D eigenvalue weighted by Gasteiger charge is 2.23. The Morgan fingerprint density at radius 3 is 2.27 bits per heavy atom. The third-order valence-corrected chi connectivity index (χ3v) is 2.68. The minimum absolute atomic E-state index is 0.145. The summed E-state index contributed by atoms with van der Waals surface area (Å²) in [7, 11) is 0. The van der Waals surface area contributed by atoms with E-state index in [4.69, 9.17) is 34.8 Å². The number of hydrogen-bond acceptors (Lipinski definition) is 2. The molecule has 15 heavy (non-hydrogen) atoms. The van der Waals surface area contributed by atoms with E-state index < -0.39 is 16.4 Å². The molecule has 1 atom stereocenters. The molecule has 0 bridgehead atoms. The highest BCUT2D eigenvalue weighted by Crippen LogP contribution is 2.29. The van der Waals surface area contributed by atoms with E-state index >= 15 is 0 Å². The smallest absolute Gasteiger partial charge is 0.229 e. The van der Waals surface area contributed by atoms with Crippen LogP contribution in [0.5, 0.6) is 0 Å². The largest absolute Gasteiger partial charge is 0.281 e. The average molecular weight is 266 g/mol. The summed E-state index contributed by atoms with van der Waals surface area (Å²) >= 11 is 16.5. The van der Waals surface area contributed by atoms with Crippen molar-refractivity contribution in [2.24, 2.45) is 0 Å². The summed E-state index contributed by atoms with van der Waals surface area (Å²) in [6.45, 7) is 0. The molecule has 0 aliphatic heterocycles. The van der Waals surface area contributed by atoms with Crippen LogP contribution in [0.4, 0.5) is 0 Å². The summed E-state index contributed by atoms with van der Waals surface area (Å²) in [5, 5.41) is -0.861. The Bertz CT molecular complexity index is 390. The number of carbonyl (C=O) groups excluding carboxylic acids is 2. The van der Waals surface area contributed by atoms with Crippen LogP contribution in [0.3, 0.4) is 0 Å². The summed E-state index contributed by atoms with van der Waals surface area (Å²) in [6, 6.07) is 6.71. The van der Waals surface area contributed by atoms with Crippen LogP contribution in [0.2, 0.25) is 5.02 Å². The Hall–Kier alpha value is -0.570. The van der Waals surface area contributed by atoms with Gasteiger partial charge >= 0.3 is 0 Å². The highest BCUT2D eigenvalue weighted by molar-refractivity contribution is 6.67. The summed E-state index contributed by atoms with van der Waals surface area (Å²) in [5.74, 6) is -0.773. The molecule has 0 fully saturated rings. The van der Waals surface area contributed by atoms with Crippen molar-refractivity contribution in [2.45, 2.75) is 12.3 Å². The molecule has 0 N–H and O–H groups in total. The Balaban J connectivity index is 3.04. The first kappa shape index (κ1) is 12.5. The van der Waals surface area contributed by atoms with Crippen LogP contribution in [0.1, 0.15) is 17.9 Å². The molecular formula is C10H7Cl3O2. The molecule has 0 amide bonds. The van der Waals surface area contributed by atoms with E-state index in [0.717, 1.165) is 0 Å². The number of benzene rings is 1. The SMILES string of the molecule is O=C(Cl)CC(C(=O)Cl)c1ccccc1Cl. The Labute approximate surface area is 102 Å². The maximum Gasteiger partial charge on any atom is 0.229 e. The molecule has 1 aromatic carbocycles. The zero-order valence-corrected chi connectivity index (χ0v) is 9.81. The van der Waals surface area contributed by atoms with Gasteiger partial charge in [-0.15, -0.1) is 0 Å². The normalized spacial score (nSPS) is 12.2. The molecule has 0 saturated heterocycles. The Morgan fingerprint density at radius 2 is 1.80 bits per heavy atom. The van der Waals surface area contributed by atoms with Crippen molar-refractivity contribution in [3.05, 3.63) is 34.9 Å². The van der Waals surface area contributed by atoms with E-state index in [2.05, 4.69) is 0 Å². The molecule has 1 unspecified atom stereocenters. The van der Waals surface area contributed by atoms with Crippen molar-refractivity contribution in [3.63, 3.8) is 0 Å². The van der Waals surface area contributed by atoms with Crippen LogP contribution in [0.25, 0.3) is 0 Å². The predicted octanol–water partition coefficient (Wildman–Crippen LogP) is 3.34. The number of rotatable bonds is 4. The van der Waals surface area contributed by atoms with Gasteiger partial charge in [-0.3, -0.25) is 9.59 Å². The quantitative estimate of drug-likeness (QED) is 0.783. The van der Waals surface area contributed by atoms with Crippen molar-refractivity contribution in [1.82, 2.24) is 0 Å². The van der Waals surface area contributed by atoms with Crippen molar-refractivity contribution in [1.29, 1.82) is 0 Å². The molecule has 0 aliphatic rings. The van der Waals surface area contributed by atoms with Gasteiger partial charge in [-0.05, 0) is 34.8 Å². The van der Waals surface area contributed by atoms with Gasteiger partial charge in [0.15, 0.2) is 0 Å². The van der Waals surface area contributed by atoms with E-state index in [1.165, 1.54) is 0 Å². The first-order chi connectivity index (χ1) is 7.02. The molecule has 0 aliphatic carbocycles.